The number of nitrogens with one attached hydrogen (secondary N) is 1. The second-order valence-electron chi connectivity index (χ2n) is 6.64. The first-order chi connectivity index (χ1) is 11.7. The van der Waals surface area contributed by atoms with Crippen LogP contribution in [0.3, 0.4) is 0 Å². The summed E-state index contributed by atoms with van der Waals surface area (Å²) in [5, 5.41) is 0. The van der Waals surface area contributed by atoms with Crippen LogP contribution in [0.2, 0.25) is 0 Å². The monoisotopic (exact) mass is 383 g/mol. The van der Waals surface area contributed by atoms with Gasteiger partial charge in [-0.3, -0.25) is 9.59 Å². The summed E-state index contributed by atoms with van der Waals surface area (Å²) in [5.74, 6) is 0.161. The van der Waals surface area contributed by atoms with Gasteiger partial charge >= 0.3 is 4.87 Å². The van der Waals surface area contributed by atoms with Crippen molar-refractivity contribution in [1.29, 1.82) is 0 Å². The molecule has 1 aliphatic rings. The van der Waals surface area contributed by atoms with Gasteiger partial charge in [-0.2, -0.15) is 4.31 Å². The number of sulfonamides is 1. The molecule has 1 amide bonds. The first kappa shape index (κ1) is 18.1. The number of H-pyrrole nitrogens is 1. The second-order valence-corrected chi connectivity index (χ2v) is 9.55. The van der Waals surface area contributed by atoms with E-state index in [-0.39, 0.29) is 22.2 Å². The van der Waals surface area contributed by atoms with Gasteiger partial charge in [0.2, 0.25) is 15.9 Å². The number of fused-ring (bicyclic) bond motifs is 1. The fraction of sp³-hybridized carbons (Fsp3) is 0.500. The average molecular weight is 383 g/mol. The predicted molar refractivity (Wildman–Crippen MR) is 97.2 cm³/mol. The van der Waals surface area contributed by atoms with Crippen molar-refractivity contribution in [2.45, 2.75) is 31.7 Å². The first-order valence-corrected chi connectivity index (χ1v) is 10.4. The molecule has 1 fully saturated rings. The summed E-state index contributed by atoms with van der Waals surface area (Å²) in [4.78, 5) is 28.2. The lowest BCUT2D eigenvalue weighted by atomic mass is 10.1. The Morgan fingerprint density at radius 3 is 2.68 bits per heavy atom. The zero-order valence-corrected chi connectivity index (χ0v) is 16.0. The Morgan fingerprint density at radius 2 is 2.00 bits per heavy atom. The number of aromatic amines is 1. The van der Waals surface area contributed by atoms with E-state index in [9.17, 15) is 18.0 Å². The standard InChI is InChI=1S/C16H21N3O4S2/c1-10(2)9-18-6-7-19(11(3)15(18)20)25(22,23)12-4-5-13-14(8-12)24-16(21)17-13/h4-5,8,10-11H,6-7,9H2,1-3H3,(H,17,21)/t11-/m1/s1. The first-order valence-electron chi connectivity index (χ1n) is 8.13. The van der Waals surface area contributed by atoms with Crippen molar-refractivity contribution >= 4 is 37.5 Å². The number of aromatic nitrogens is 1. The number of benzene rings is 1. The van der Waals surface area contributed by atoms with E-state index >= 15 is 0 Å². The Bertz CT molecular complexity index is 961. The molecule has 0 saturated carbocycles. The Kier molecular flexibility index (Phi) is 4.74. The molecule has 1 N–H and O–H groups in total. The number of piperazine rings is 1. The molecular weight excluding hydrogens is 362 g/mol. The Morgan fingerprint density at radius 1 is 1.28 bits per heavy atom. The van der Waals surface area contributed by atoms with Gasteiger partial charge in [-0.15, -0.1) is 0 Å². The van der Waals surface area contributed by atoms with Gasteiger partial charge in [0.25, 0.3) is 0 Å². The minimum atomic E-state index is -3.80. The van der Waals surface area contributed by atoms with Crippen LogP contribution >= 0.6 is 11.3 Å². The fourth-order valence-electron chi connectivity index (χ4n) is 3.08. The van der Waals surface area contributed by atoms with Crippen molar-refractivity contribution in [3.05, 3.63) is 27.9 Å². The molecule has 2 heterocycles. The molecule has 0 bridgehead atoms. The summed E-state index contributed by atoms with van der Waals surface area (Å²) >= 11 is 0.968. The number of thiazole rings is 1. The van der Waals surface area contributed by atoms with E-state index in [1.807, 2.05) is 13.8 Å². The molecule has 1 aliphatic heterocycles. The summed E-state index contributed by atoms with van der Waals surface area (Å²) in [6, 6.07) is 3.81. The van der Waals surface area contributed by atoms with Gasteiger partial charge in [0.05, 0.1) is 15.1 Å². The third kappa shape index (κ3) is 3.36. The summed E-state index contributed by atoms with van der Waals surface area (Å²) in [6.07, 6.45) is 0. The average Bonchev–Trinajstić information content (AvgIpc) is 2.90. The summed E-state index contributed by atoms with van der Waals surface area (Å²) in [7, 11) is -3.80. The second kappa shape index (κ2) is 6.54. The summed E-state index contributed by atoms with van der Waals surface area (Å²) < 4.78 is 27.8. The molecule has 0 spiro atoms. The highest BCUT2D eigenvalue weighted by molar-refractivity contribution is 7.89. The predicted octanol–water partition coefficient (Wildman–Crippen LogP) is 1.47. The van der Waals surface area contributed by atoms with E-state index in [1.165, 1.54) is 16.4 Å². The van der Waals surface area contributed by atoms with Crippen LogP contribution in [-0.4, -0.2) is 54.2 Å². The maximum absolute atomic E-state index is 13.0. The third-order valence-electron chi connectivity index (χ3n) is 4.28. The van der Waals surface area contributed by atoms with Gasteiger partial charge in [0.1, 0.15) is 6.04 Å². The lowest BCUT2D eigenvalue weighted by molar-refractivity contribution is -0.138. The third-order valence-corrected chi connectivity index (χ3v) is 7.09. The summed E-state index contributed by atoms with van der Waals surface area (Å²) in [5.41, 5.74) is 0.611. The van der Waals surface area contributed by atoms with Crippen LogP contribution in [0, 0.1) is 5.92 Å². The number of hydrogen-bond acceptors (Lipinski definition) is 5. The van der Waals surface area contributed by atoms with Crippen molar-refractivity contribution in [1.82, 2.24) is 14.2 Å². The van der Waals surface area contributed by atoms with E-state index < -0.39 is 16.1 Å². The van der Waals surface area contributed by atoms with Gasteiger partial charge < -0.3 is 9.88 Å². The van der Waals surface area contributed by atoms with Crippen LogP contribution in [0.5, 0.6) is 0 Å². The zero-order chi connectivity index (χ0) is 18.4. The lowest BCUT2D eigenvalue weighted by Crippen LogP contribution is -2.57. The molecule has 1 aromatic heterocycles. The topological polar surface area (TPSA) is 90.6 Å². The SMILES string of the molecule is CC(C)CN1CCN(S(=O)(=O)c2ccc3[nH]c(=O)sc3c2)[C@H](C)C1=O. The van der Waals surface area contributed by atoms with Crippen LogP contribution in [0.4, 0.5) is 0 Å². The molecule has 0 radical (unpaired) electrons. The fourth-order valence-corrected chi connectivity index (χ4v) is 5.54. The Labute approximate surface area is 150 Å². The van der Waals surface area contributed by atoms with E-state index in [1.54, 1.807) is 17.9 Å². The van der Waals surface area contributed by atoms with Gasteiger partial charge in [0.15, 0.2) is 0 Å². The lowest BCUT2D eigenvalue weighted by Gasteiger charge is -2.38. The normalized spacial score (nSPS) is 19.9. The van der Waals surface area contributed by atoms with Crippen molar-refractivity contribution in [3.63, 3.8) is 0 Å². The van der Waals surface area contributed by atoms with Crippen LogP contribution < -0.4 is 4.87 Å². The number of hydrogen-bond donors (Lipinski definition) is 1. The maximum atomic E-state index is 13.0. The minimum absolute atomic E-state index is 0.104. The van der Waals surface area contributed by atoms with Crippen molar-refractivity contribution in [3.8, 4) is 0 Å². The largest absolute Gasteiger partial charge is 0.340 e. The highest BCUT2D eigenvalue weighted by Gasteiger charge is 2.39. The molecule has 9 heteroatoms. The van der Waals surface area contributed by atoms with E-state index in [0.717, 1.165) is 11.3 Å². The molecule has 3 rings (SSSR count). The van der Waals surface area contributed by atoms with Crippen molar-refractivity contribution in [2.24, 2.45) is 5.92 Å². The molecular formula is C16H21N3O4S2. The summed E-state index contributed by atoms with van der Waals surface area (Å²) in [6.45, 7) is 6.96. The molecule has 136 valence electrons. The number of rotatable bonds is 4. The minimum Gasteiger partial charge on any atom is -0.340 e. The van der Waals surface area contributed by atoms with Crippen LogP contribution in [0.25, 0.3) is 10.2 Å². The highest BCUT2D eigenvalue weighted by atomic mass is 32.2. The molecule has 2 aromatic rings. The quantitative estimate of drug-likeness (QED) is 0.866. The van der Waals surface area contributed by atoms with Gasteiger partial charge in [-0.25, -0.2) is 8.42 Å². The Balaban J connectivity index is 1.91. The molecule has 7 nitrogen and oxygen atoms in total. The molecule has 25 heavy (non-hydrogen) atoms. The van der Waals surface area contributed by atoms with Gasteiger partial charge in [-0.1, -0.05) is 25.2 Å². The van der Waals surface area contributed by atoms with Crippen LogP contribution in [-0.2, 0) is 14.8 Å². The highest BCUT2D eigenvalue weighted by Crippen LogP contribution is 2.26. The van der Waals surface area contributed by atoms with Crippen molar-refractivity contribution in [2.75, 3.05) is 19.6 Å². The zero-order valence-electron chi connectivity index (χ0n) is 14.4. The van der Waals surface area contributed by atoms with E-state index in [4.69, 9.17) is 0 Å². The Hall–Kier alpha value is -1.71. The van der Waals surface area contributed by atoms with E-state index in [2.05, 4.69) is 4.98 Å². The van der Waals surface area contributed by atoms with Crippen LogP contribution in [0.15, 0.2) is 27.9 Å². The number of nitrogens with zero attached hydrogens (tertiary/aromatic N) is 2. The number of amides is 1. The smallest absolute Gasteiger partial charge is 0.305 e. The number of carbonyl (C=O) groups is 1. The van der Waals surface area contributed by atoms with E-state index in [0.29, 0.717) is 29.2 Å². The van der Waals surface area contributed by atoms with Crippen LogP contribution in [0.1, 0.15) is 20.8 Å². The maximum Gasteiger partial charge on any atom is 0.305 e. The molecule has 1 atom stereocenters. The van der Waals surface area contributed by atoms with Gasteiger partial charge in [-0.05, 0) is 31.0 Å². The number of carbonyl (C=O) groups excluding carboxylic acids is 1. The molecule has 0 unspecified atom stereocenters. The van der Waals surface area contributed by atoms with Gasteiger partial charge in [0, 0.05) is 19.6 Å². The molecule has 1 aromatic carbocycles. The molecule has 1 saturated heterocycles. The molecule has 0 aliphatic carbocycles. The van der Waals surface area contributed by atoms with Crippen molar-refractivity contribution < 1.29 is 13.2 Å².